The minimum absolute atomic E-state index is 0.00824. The van der Waals surface area contributed by atoms with Crippen molar-refractivity contribution in [3.8, 4) is 0 Å². The van der Waals surface area contributed by atoms with Gasteiger partial charge < -0.3 is 10.4 Å². The predicted molar refractivity (Wildman–Crippen MR) is 46.9 cm³/mol. The molecule has 0 aromatic heterocycles. The molecule has 0 aromatic carbocycles. The van der Waals surface area contributed by atoms with E-state index in [1.165, 1.54) is 0 Å². The molecule has 14 heavy (non-hydrogen) atoms. The van der Waals surface area contributed by atoms with E-state index in [-0.39, 0.29) is 12.3 Å². The summed E-state index contributed by atoms with van der Waals surface area (Å²) in [5, 5.41) is 12.5. The predicted octanol–water partition coefficient (Wildman–Crippen LogP) is 1.69. The number of hydrogen-bond donors (Lipinski definition) is 2. The van der Waals surface area contributed by atoms with E-state index >= 15 is 0 Å². The Bertz CT molecular complexity index is 172. The summed E-state index contributed by atoms with van der Waals surface area (Å²) >= 11 is 0. The third-order valence-electron chi connectivity index (χ3n) is 2.60. The van der Waals surface area contributed by atoms with Crippen molar-refractivity contribution in [3.63, 3.8) is 0 Å². The zero-order chi connectivity index (χ0) is 10.6. The average Bonchev–Trinajstić information content (AvgIpc) is 2.06. The van der Waals surface area contributed by atoms with Gasteiger partial charge in [0.1, 0.15) is 0 Å². The van der Waals surface area contributed by atoms with Crippen molar-refractivity contribution >= 4 is 0 Å². The number of piperidine rings is 1. The third kappa shape index (κ3) is 4.28. The Balaban J connectivity index is 2.17. The Hall–Kier alpha value is -0.290. The highest BCUT2D eigenvalue weighted by atomic mass is 19.4. The van der Waals surface area contributed by atoms with Gasteiger partial charge in [-0.05, 0) is 31.7 Å². The van der Waals surface area contributed by atoms with Crippen molar-refractivity contribution in [2.45, 2.75) is 38.0 Å². The molecule has 0 amide bonds. The average molecular weight is 211 g/mol. The maximum Gasteiger partial charge on any atom is 0.389 e. The Morgan fingerprint density at radius 1 is 1.36 bits per heavy atom. The first-order chi connectivity index (χ1) is 6.49. The third-order valence-corrected chi connectivity index (χ3v) is 2.60. The maximum atomic E-state index is 11.8. The summed E-state index contributed by atoms with van der Waals surface area (Å²) in [6, 6.07) is 0. The number of nitrogens with one attached hydrogen (secondary N) is 1. The fourth-order valence-electron chi connectivity index (χ4n) is 1.77. The van der Waals surface area contributed by atoms with Crippen molar-refractivity contribution in [2.24, 2.45) is 5.92 Å². The summed E-state index contributed by atoms with van der Waals surface area (Å²) in [6.07, 6.45) is -4.01. The molecule has 0 spiro atoms. The molecule has 2 unspecified atom stereocenters. The Morgan fingerprint density at radius 2 is 2.07 bits per heavy atom. The molecule has 1 aliphatic rings. The smallest absolute Gasteiger partial charge is 0.389 e. The van der Waals surface area contributed by atoms with Crippen LogP contribution in [0.15, 0.2) is 0 Å². The van der Waals surface area contributed by atoms with Crippen LogP contribution < -0.4 is 5.32 Å². The molecule has 2 N–H and O–H groups in total. The molecule has 5 heteroatoms. The molecule has 2 atom stereocenters. The van der Waals surface area contributed by atoms with Crippen LogP contribution in [0.4, 0.5) is 13.2 Å². The van der Waals surface area contributed by atoms with Gasteiger partial charge in [-0.1, -0.05) is 0 Å². The standard InChI is InChI=1S/C9H16F3NO/c10-9(11,12)4-1-2-7-6-13-5-3-8(7)14/h7-8,13-14H,1-6H2. The molecule has 0 radical (unpaired) electrons. The topological polar surface area (TPSA) is 32.3 Å². The van der Waals surface area contributed by atoms with Crippen molar-refractivity contribution in [3.05, 3.63) is 0 Å². The highest BCUT2D eigenvalue weighted by Gasteiger charge is 2.28. The summed E-state index contributed by atoms with van der Waals surface area (Å²) in [7, 11) is 0. The SMILES string of the molecule is OC1CCNCC1CCCC(F)(F)F. The van der Waals surface area contributed by atoms with Crippen LogP contribution in [0.25, 0.3) is 0 Å². The lowest BCUT2D eigenvalue weighted by Gasteiger charge is -2.28. The van der Waals surface area contributed by atoms with Crippen LogP contribution in [0.1, 0.15) is 25.7 Å². The fraction of sp³-hybridized carbons (Fsp3) is 1.00. The molecule has 0 saturated carbocycles. The minimum Gasteiger partial charge on any atom is -0.393 e. The molecule has 1 rings (SSSR count). The maximum absolute atomic E-state index is 11.8. The minimum atomic E-state index is -4.06. The van der Waals surface area contributed by atoms with Gasteiger partial charge in [-0.15, -0.1) is 0 Å². The van der Waals surface area contributed by atoms with Crippen LogP contribution in [-0.4, -0.2) is 30.5 Å². The second kappa shape index (κ2) is 4.98. The van der Waals surface area contributed by atoms with E-state index in [0.29, 0.717) is 19.4 Å². The zero-order valence-electron chi connectivity index (χ0n) is 7.98. The molecule has 1 heterocycles. The normalized spacial score (nSPS) is 29.1. The van der Waals surface area contributed by atoms with Crippen LogP contribution in [0.2, 0.25) is 0 Å². The van der Waals surface area contributed by atoms with Crippen molar-refractivity contribution in [2.75, 3.05) is 13.1 Å². The molecule has 84 valence electrons. The highest BCUT2D eigenvalue weighted by molar-refractivity contribution is 4.77. The molecule has 1 aliphatic heterocycles. The Kier molecular flexibility index (Phi) is 4.19. The fourth-order valence-corrected chi connectivity index (χ4v) is 1.77. The molecule has 0 bridgehead atoms. The lowest BCUT2D eigenvalue weighted by molar-refractivity contribution is -0.136. The summed E-state index contributed by atoms with van der Waals surface area (Å²) in [4.78, 5) is 0. The highest BCUT2D eigenvalue weighted by Crippen LogP contribution is 2.25. The van der Waals surface area contributed by atoms with E-state index in [4.69, 9.17) is 0 Å². The molecular weight excluding hydrogens is 195 g/mol. The van der Waals surface area contributed by atoms with E-state index in [2.05, 4.69) is 5.32 Å². The van der Waals surface area contributed by atoms with Crippen LogP contribution in [0.3, 0.4) is 0 Å². The first-order valence-electron chi connectivity index (χ1n) is 4.94. The number of aliphatic hydroxyl groups is 1. The van der Waals surface area contributed by atoms with Gasteiger partial charge >= 0.3 is 6.18 Å². The van der Waals surface area contributed by atoms with Gasteiger partial charge in [-0.3, -0.25) is 0 Å². The van der Waals surface area contributed by atoms with E-state index in [9.17, 15) is 18.3 Å². The summed E-state index contributed by atoms with van der Waals surface area (Å²) in [6.45, 7) is 1.40. The molecule has 1 fully saturated rings. The molecule has 0 aromatic rings. The number of aliphatic hydroxyl groups excluding tert-OH is 1. The number of hydrogen-bond acceptors (Lipinski definition) is 2. The number of halogens is 3. The second-order valence-electron chi connectivity index (χ2n) is 3.83. The lowest BCUT2D eigenvalue weighted by Crippen LogP contribution is -2.39. The molecule has 1 saturated heterocycles. The number of alkyl halides is 3. The van der Waals surface area contributed by atoms with E-state index in [1.54, 1.807) is 0 Å². The van der Waals surface area contributed by atoms with Gasteiger partial charge in [-0.2, -0.15) is 13.2 Å². The Labute approximate surface area is 81.5 Å². The van der Waals surface area contributed by atoms with Gasteiger partial charge in [0.05, 0.1) is 6.10 Å². The van der Waals surface area contributed by atoms with Crippen molar-refractivity contribution in [1.29, 1.82) is 0 Å². The van der Waals surface area contributed by atoms with Gasteiger partial charge in [0, 0.05) is 13.0 Å². The van der Waals surface area contributed by atoms with Crippen LogP contribution >= 0.6 is 0 Å². The second-order valence-corrected chi connectivity index (χ2v) is 3.83. The Morgan fingerprint density at radius 3 is 2.64 bits per heavy atom. The summed E-state index contributed by atoms with van der Waals surface area (Å²) in [5.74, 6) is -0.00824. The van der Waals surface area contributed by atoms with Crippen LogP contribution in [0.5, 0.6) is 0 Å². The first-order valence-corrected chi connectivity index (χ1v) is 4.94. The summed E-state index contributed by atoms with van der Waals surface area (Å²) in [5.41, 5.74) is 0. The molecule has 0 aliphatic carbocycles. The summed E-state index contributed by atoms with van der Waals surface area (Å²) < 4.78 is 35.5. The van der Waals surface area contributed by atoms with Crippen molar-refractivity contribution < 1.29 is 18.3 Å². The van der Waals surface area contributed by atoms with Gasteiger partial charge in [0.25, 0.3) is 0 Å². The first kappa shape index (κ1) is 11.8. The van der Waals surface area contributed by atoms with Crippen LogP contribution in [0, 0.1) is 5.92 Å². The largest absolute Gasteiger partial charge is 0.393 e. The van der Waals surface area contributed by atoms with Crippen molar-refractivity contribution in [1.82, 2.24) is 5.32 Å². The zero-order valence-corrected chi connectivity index (χ0v) is 7.98. The van der Waals surface area contributed by atoms with Gasteiger partial charge in [-0.25, -0.2) is 0 Å². The molecule has 2 nitrogen and oxygen atoms in total. The van der Waals surface area contributed by atoms with E-state index < -0.39 is 18.7 Å². The molecular formula is C9H16F3NO. The monoisotopic (exact) mass is 211 g/mol. The van der Waals surface area contributed by atoms with E-state index in [0.717, 1.165) is 6.54 Å². The van der Waals surface area contributed by atoms with Gasteiger partial charge in [0.2, 0.25) is 0 Å². The number of rotatable bonds is 3. The van der Waals surface area contributed by atoms with Crippen LogP contribution in [-0.2, 0) is 0 Å². The lowest BCUT2D eigenvalue weighted by atomic mass is 9.91. The van der Waals surface area contributed by atoms with Gasteiger partial charge in [0.15, 0.2) is 0 Å². The quantitative estimate of drug-likeness (QED) is 0.744. The van der Waals surface area contributed by atoms with E-state index in [1.807, 2.05) is 0 Å².